The molecule has 0 unspecified atom stereocenters. The zero-order chi connectivity index (χ0) is 26.2. The molecule has 0 bridgehead atoms. The van der Waals surface area contributed by atoms with Crippen molar-refractivity contribution in [3.8, 4) is 17.2 Å². The smallest absolute Gasteiger partial charge is 0.411 e. The Morgan fingerprint density at radius 2 is 1.76 bits per heavy atom. The van der Waals surface area contributed by atoms with Crippen molar-refractivity contribution >= 4 is 17.7 Å². The van der Waals surface area contributed by atoms with Crippen LogP contribution < -0.4 is 9.47 Å². The van der Waals surface area contributed by atoms with Crippen molar-refractivity contribution in [2.24, 2.45) is 0 Å². The fraction of sp³-hybridized carbons (Fsp3) is 0.464. The molecule has 1 aromatic heterocycles. The van der Waals surface area contributed by atoms with Crippen molar-refractivity contribution in [3.63, 3.8) is 0 Å². The lowest BCUT2D eigenvalue weighted by atomic mass is 9.86. The number of aromatic nitrogens is 3. The van der Waals surface area contributed by atoms with Gasteiger partial charge in [0.25, 0.3) is 0 Å². The highest BCUT2D eigenvalue weighted by Gasteiger charge is 2.33. The predicted octanol–water partition coefficient (Wildman–Crippen LogP) is 6.29. The van der Waals surface area contributed by atoms with E-state index in [9.17, 15) is 4.79 Å². The number of nitrogens with zero attached hydrogens (tertiary/aromatic N) is 4. The van der Waals surface area contributed by atoms with Gasteiger partial charge in [-0.25, -0.2) is 4.79 Å². The second-order valence-corrected chi connectivity index (χ2v) is 11.1. The molecule has 1 aliphatic carbocycles. The van der Waals surface area contributed by atoms with Crippen LogP contribution in [0.4, 0.5) is 4.79 Å². The third-order valence-electron chi connectivity index (χ3n) is 6.77. The number of rotatable bonds is 4. The van der Waals surface area contributed by atoms with Gasteiger partial charge in [-0.1, -0.05) is 17.7 Å². The van der Waals surface area contributed by atoms with Gasteiger partial charge >= 0.3 is 6.09 Å². The Hall–Kier alpha value is -3.26. The first-order valence-corrected chi connectivity index (χ1v) is 13.1. The van der Waals surface area contributed by atoms with E-state index in [1.54, 1.807) is 12.0 Å². The molecule has 0 spiro atoms. The van der Waals surface area contributed by atoms with Crippen LogP contribution in [0.3, 0.4) is 0 Å². The van der Waals surface area contributed by atoms with Gasteiger partial charge in [0.15, 0.2) is 5.82 Å². The van der Waals surface area contributed by atoms with E-state index in [1.807, 2.05) is 63.2 Å². The van der Waals surface area contributed by atoms with Crippen LogP contribution >= 0.6 is 11.6 Å². The molecule has 37 heavy (non-hydrogen) atoms. The second-order valence-electron chi connectivity index (χ2n) is 10.7. The maximum atomic E-state index is 13.0. The lowest BCUT2D eigenvalue weighted by Crippen LogP contribution is -2.35. The number of carbonyl (C=O) groups excluding carboxylic acids is 1. The minimum absolute atomic E-state index is 0.142. The van der Waals surface area contributed by atoms with E-state index in [2.05, 4.69) is 14.8 Å². The zero-order valence-electron chi connectivity index (χ0n) is 21.7. The van der Waals surface area contributed by atoms with Gasteiger partial charge in [-0.15, -0.1) is 10.2 Å². The molecule has 1 fully saturated rings. The number of ether oxygens (including phenoxy) is 3. The van der Waals surface area contributed by atoms with Crippen molar-refractivity contribution in [2.45, 2.75) is 77.2 Å². The van der Waals surface area contributed by atoms with Gasteiger partial charge in [-0.05, 0) is 82.3 Å². The summed E-state index contributed by atoms with van der Waals surface area (Å²) in [5.74, 6) is 3.49. The normalized spacial score (nSPS) is 19.4. The summed E-state index contributed by atoms with van der Waals surface area (Å²) in [4.78, 5) is 14.7. The second kappa shape index (κ2) is 10.2. The van der Waals surface area contributed by atoms with E-state index < -0.39 is 5.60 Å². The molecule has 3 aromatic rings. The first kappa shape index (κ1) is 25.4. The lowest BCUT2D eigenvalue weighted by molar-refractivity contribution is 0.0214. The van der Waals surface area contributed by atoms with Gasteiger partial charge in [0.05, 0.1) is 32.0 Å². The molecule has 0 atom stereocenters. The van der Waals surface area contributed by atoms with Crippen LogP contribution in [0.1, 0.15) is 69.6 Å². The number of amides is 1. The highest BCUT2D eigenvalue weighted by atomic mass is 35.5. The van der Waals surface area contributed by atoms with E-state index in [-0.39, 0.29) is 18.1 Å². The standard InChI is InChI=1S/C28H33ClN4O4/c1-28(2,3)37-27(34)32-16-19-14-20(29)10-13-24(19)33-25(17-32)30-31-26(33)18-8-11-21(12-9-18)36-23-7-5-6-22(15-23)35-4/h5-7,10,13-15,18,21H,8-9,11-12,16-17H2,1-4H3/t18-,21-. The third kappa shape index (κ3) is 5.69. The predicted molar refractivity (Wildman–Crippen MR) is 140 cm³/mol. The fourth-order valence-electron chi connectivity index (χ4n) is 5.05. The summed E-state index contributed by atoms with van der Waals surface area (Å²) in [5, 5.41) is 9.78. The summed E-state index contributed by atoms with van der Waals surface area (Å²) in [6, 6.07) is 13.5. The number of methoxy groups -OCH3 is 1. The maximum Gasteiger partial charge on any atom is 0.411 e. The fourth-order valence-corrected chi connectivity index (χ4v) is 5.25. The Morgan fingerprint density at radius 3 is 2.49 bits per heavy atom. The molecule has 2 heterocycles. The number of hydrogen-bond donors (Lipinski definition) is 0. The molecular weight excluding hydrogens is 492 g/mol. The molecule has 1 amide bonds. The first-order valence-electron chi connectivity index (χ1n) is 12.7. The molecule has 0 N–H and O–H groups in total. The van der Waals surface area contributed by atoms with Crippen LogP contribution in [-0.2, 0) is 17.8 Å². The first-order chi connectivity index (χ1) is 17.7. The Balaban J connectivity index is 1.37. The summed E-state index contributed by atoms with van der Waals surface area (Å²) in [5.41, 5.74) is 1.30. The van der Waals surface area contributed by atoms with Gasteiger partial charge in [0.1, 0.15) is 22.9 Å². The van der Waals surface area contributed by atoms with Crippen LogP contribution in [0, 0.1) is 0 Å². The van der Waals surface area contributed by atoms with Crippen LogP contribution in [0.15, 0.2) is 42.5 Å². The zero-order valence-corrected chi connectivity index (χ0v) is 22.5. The van der Waals surface area contributed by atoms with Gasteiger partial charge in [0, 0.05) is 17.0 Å². The van der Waals surface area contributed by atoms with E-state index in [4.69, 9.17) is 25.8 Å². The largest absolute Gasteiger partial charge is 0.497 e. The molecule has 196 valence electrons. The molecule has 0 saturated heterocycles. The molecule has 2 aliphatic rings. The molecule has 1 saturated carbocycles. The Kier molecular flexibility index (Phi) is 7.03. The number of halogens is 1. The topological polar surface area (TPSA) is 78.7 Å². The van der Waals surface area contributed by atoms with E-state index >= 15 is 0 Å². The van der Waals surface area contributed by atoms with Crippen molar-refractivity contribution in [2.75, 3.05) is 7.11 Å². The van der Waals surface area contributed by atoms with Crippen molar-refractivity contribution in [1.82, 2.24) is 19.7 Å². The molecule has 2 aromatic carbocycles. The van der Waals surface area contributed by atoms with Crippen LogP contribution in [0.2, 0.25) is 5.02 Å². The average Bonchev–Trinajstić information content (AvgIpc) is 3.19. The highest BCUT2D eigenvalue weighted by Crippen LogP contribution is 2.37. The Labute approximate surface area is 222 Å². The van der Waals surface area contributed by atoms with Crippen LogP contribution in [0.5, 0.6) is 11.5 Å². The SMILES string of the molecule is COc1cccc(O[C@H]2CC[C@H](c3nnc4n3-c3ccc(Cl)cc3CN(C(=O)OC(C)(C)C)C4)CC2)c1. The minimum Gasteiger partial charge on any atom is -0.497 e. The summed E-state index contributed by atoms with van der Waals surface area (Å²) in [6.45, 7) is 6.28. The summed E-state index contributed by atoms with van der Waals surface area (Å²) in [7, 11) is 1.66. The number of benzene rings is 2. The number of hydrogen-bond acceptors (Lipinski definition) is 6. The molecule has 9 heteroatoms. The number of carbonyl (C=O) groups is 1. The Morgan fingerprint density at radius 1 is 1.00 bits per heavy atom. The summed E-state index contributed by atoms with van der Waals surface area (Å²) >= 11 is 6.36. The highest BCUT2D eigenvalue weighted by molar-refractivity contribution is 6.30. The average molecular weight is 525 g/mol. The molecule has 0 radical (unpaired) electrons. The van der Waals surface area contributed by atoms with Crippen LogP contribution in [-0.4, -0.2) is 44.6 Å². The number of fused-ring (bicyclic) bond motifs is 3. The molecule has 5 rings (SSSR count). The summed E-state index contributed by atoms with van der Waals surface area (Å²) < 4.78 is 19.3. The van der Waals surface area contributed by atoms with Gasteiger partial charge in [-0.3, -0.25) is 9.47 Å². The minimum atomic E-state index is -0.592. The van der Waals surface area contributed by atoms with Gasteiger partial charge in [0.2, 0.25) is 0 Å². The van der Waals surface area contributed by atoms with Crippen LogP contribution in [0.25, 0.3) is 5.69 Å². The van der Waals surface area contributed by atoms with Crippen molar-refractivity contribution in [1.29, 1.82) is 0 Å². The maximum absolute atomic E-state index is 13.0. The quantitative estimate of drug-likeness (QED) is 0.399. The van der Waals surface area contributed by atoms with Crippen molar-refractivity contribution < 1.29 is 19.0 Å². The van der Waals surface area contributed by atoms with E-state index in [0.717, 1.165) is 60.1 Å². The third-order valence-corrected chi connectivity index (χ3v) is 7.00. The van der Waals surface area contributed by atoms with E-state index in [1.165, 1.54) is 0 Å². The van der Waals surface area contributed by atoms with E-state index in [0.29, 0.717) is 18.1 Å². The molecule has 8 nitrogen and oxygen atoms in total. The lowest BCUT2D eigenvalue weighted by Gasteiger charge is -2.29. The summed E-state index contributed by atoms with van der Waals surface area (Å²) in [6.07, 6.45) is 3.47. The van der Waals surface area contributed by atoms with Crippen molar-refractivity contribution in [3.05, 3.63) is 64.7 Å². The monoisotopic (exact) mass is 524 g/mol. The molecular formula is C28H33ClN4O4. The Bertz CT molecular complexity index is 1280. The van der Waals surface area contributed by atoms with Gasteiger partial charge < -0.3 is 14.2 Å². The molecule has 1 aliphatic heterocycles. The van der Waals surface area contributed by atoms with Gasteiger partial charge in [-0.2, -0.15) is 0 Å².